The quantitative estimate of drug-likeness (QED) is 0.724. The molecule has 7 heteroatoms. The molecule has 1 unspecified atom stereocenters. The number of para-hydroxylation sites is 1. The fourth-order valence-electron chi connectivity index (χ4n) is 2.88. The summed E-state index contributed by atoms with van der Waals surface area (Å²) < 4.78 is 28.7. The van der Waals surface area contributed by atoms with Gasteiger partial charge >= 0.3 is 5.97 Å². The van der Waals surface area contributed by atoms with E-state index in [1.165, 1.54) is 6.07 Å². The molecule has 23 heavy (non-hydrogen) atoms. The third-order valence-corrected chi connectivity index (χ3v) is 5.85. The molecule has 1 heterocycles. The number of benzene rings is 1. The average Bonchev–Trinajstić information content (AvgIpc) is 2.87. The van der Waals surface area contributed by atoms with E-state index in [2.05, 4.69) is 4.90 Å². The van der Waals surface area contributed by atoms with Crippen LogP contribution in [0.25, 0.3) is 0 Å². The van der Waals surface area contributed by atoms with Gasteiger partial charge in [-0.1, -0.05) is 19.1 Å². The van der Waals surface area contributed by atoms with Gasteiger partial charge in [0, 0.05) is 12.6 Å². The first-order chi connectivity index (χ1) is 10.9. The van der Waals surface area contributed by atoms with Crippen LogP contribution in [0.3, 0.4) is 0 Å². The van der Waals surface area contributed by atoms with Gasteiger partial charge in [-0.25, -0.2) is 13.2 Å². The second kappa shape index (κ2) is 7.79. The molecule has 0 aromatic heterocycles. The zero-order valence-corrected chi connectivity index (χ0v) is 14.1. The SMILES string of the molecule is CCN(CCCOc1ccccc1C(=O)O)C1CCS(=O)(=O)C1. The summed E-state index contributed by atoms with van der Waals surface area (Å²) in [5.74, 6) is -0.126. The molecule has 1 aromatic rings. The third kappa shape index (κ3) is 4.94. The molecule has 1 aliphatic heterocycles. The van der Waals surface area contributed by atoms with E-state index in [0.29, 0.717) is 18.8 Å². The second-order valence-electron chi connectivity index (χ2n) is 5.69. The molecule has 0 spiro atoms. The molecule has 1 fully saturated rings. The summed E-state index contributed by atoms with van der Waals surface area (Å²) in [7, 11) is -2.88. The molecule has 0 aliphatic carbocycles. The van der Waals surface area contributed by atoms with Crippen LogP contribution < -0.4 is 4.74 Å². The van der Waals surface area contributed by atoms with E-state index >= 15 is 0 Å². The summed E-state index contributed by atoms with van der Waals surface area (Å²) in [4.78, 5) is 13.3. The molecular weight excluding hydrogens is 318 g/mol. The molecule has 6 nitrogen and oxygen atoms in total. The Balaban J connectivity index is 1.82. The number of hydrogen-bond acceptors (Lipinski definition) is 5. The van der Waals surface area contributed by atoms with Crippen LogP contribution in [-0.4, -0.2) is 61.6 Å². The van der Waals surface area contributed by atoms with E-state index in [-0.39, 0.29) is 23.1 Å². The number of sulfone groups is 1. The minimum absolute atomic E-state index is 0.0938. The number of hydrogen-bond donors (Lipinski definition) is 1. The third-order valence-electron chi connectivity index (χ3n) is 4.10. The van der Waals surface area contributed by atoms with Gasteiger partial charge < -0.3 is 9.84 Å². The van der Waals surface area contributed by atoms with Crippen molar-refractivity contribution in [3.05, 3.63) is 29.8 Å². The lowest BCUT2D eigenvalue weighted by Gasteiger charge is -2.26. The predicted octanol–water partition coefficient (Wildman–Crippen LogP) is 1.66. The van der Waals surface area contributed by atoms with Gasteiger partial charge in [-0.05, 0) is 31.5 Å². The van der Waals surface area contributed by atoms with Crippen molar-refractivity contribution in [2.75, 3.05) is 31.2 Å². The van der Waals surface area contributed by atoms with Crippen molar-refractivity contribution >= 4 is 15.8 Å². The Labute approximate surface area is 137 Å². The number of ether oxygens (including phenoxy) is 1. The molecule has 1 N–H and O–H groups in total. The number of aromatic carboxylic acids is 1. The van der Waals surface area contributed by atoms with Crippen molar-refractivity contribution in [1.82, 2.24) is 4.90 Å². The fourth-order valence-corrected chi connectivity index (χ4v) is 4.64. The summed E-state index contributed by atoms with van der Waals surface area (Å²) >= 11 is 0. The van der Waals surface area contributed by atoms with Crippen LogP contribution in [0, 0.1) is 0 Å². The monoisotopic (exact) mass is 341 g/mol. The van der Waals surface area contributed by atoms with Crippen LogP contribution in [0.4, 0.5) is 0 Å². The lowest BCUT2D eigenvalue weighted by molar-refractivity contribution is 0.0692. The van der Waals surface area contributed by atoms with Crippen molar-refractivity contribution < 1.29 is 23.1 Å². The van der Waals surface area contributed by atoms with Crippen molar-refractivity contribution in [2.45, 2.75) is 25.8 Å². The smallest absolute Gasteiger partial charge is 0.339 e. The highest BCUT2D eigenvalue weighted by Gasteiger charge is 2.31. The molecule has 2 rings (SSSR count). The van der Waals surface area contributed by atoms with Crippen LogP contribution in [0.5, 0.6) is 5.75 Å². The maximum atomic E-state index is 11.6. The zero-order chi connectivity index (χ0) is 16.9. The lowest BCUT2D eigenvalue weighted by Crippen LogP contribution is -2.37. The molecule has 1 saturated heterocycles. The van der Waals surface area contributed by atoms with Gasteiger partial charge in [-0.15, -0.1) is 0 Å². The molecule has 1 aromatic carbocycles. The molecule has 1 atom stereocenters. The van der Waals surface area contributed by atoms with E-state index in [9.17, 15) is 13.2 Å². The molecule has 0 saturated carbocycles. The number of nitrogens with zero attached hydrogens (tertiary/aromatic N) is 1. The number of carboxylic acid groups (broad SMARTS) is 1. The van der Waals surface area contributed by atoms with Crippen LogP contribution >= 0.6 is 0 Å². The molecule has 0 amide bonds. The van der Waals surface area contributed by atoms with Crippen molar-refractivity contribution in [3.63, 3.8) is 0 Å². The van der Waals surface area contributed by atoms with Gasteiger partial charge in [-0.3, -0.25) is 4.90 Å². The second-order valence-corrected chi connectivity index (χ2v) is 7.92. The van der Waals surface area contributed by atoms with E-state index in [1.807, 2.05) is 6.92 Å². The molecule has 128 valence electrons. The first-order valence-electron chi connectivity index (χ1n) is 7.82. The number of carbonyl (C=O) groups is 1. The Hall–Kier alpha value is -1.60. The van der Waals surface area contributed by atoms with Gasteiger partial charge in [-0.2, -0.15) is 0 Å². The first kappa shape index (κ1) is 17.7. The maximum absolute atomic E-state index is 11.6. The van der Waals surface area contributed by atoms with Crippen molar-refractivity contribution in [1.29, 1.82) is 0 Å². The largest absolute Gasteiger partial charge is 0.493 e. The Morgan fingerprint density at radius 3 is 2.74 bits per heavy atom. The summed E-state index contributed by atoms with van der Waals surface area (Å²) in [5.41, 5.74) is 0.154. The molecule has 0 bridgehead atoms. The standard InChI is InChI=1S/C16H23NO5S/c1-2-17(13-8-11-23(20,21)12-13)9-5-10-22-15-7-4-3-6-14(15)16(18)19/h3-4,6-7,13H,2,5,8-12H2,1H3,(H,18,19). The van der Waals surface area contributed by atoms with E-state index in [4.69, 9.17) is 9.84 Å². The van der Waals surface area contributed by atoms with Crippen LogP contribution in [0.15, 0.2) is 24.3 Å². The highest BCUT2D eigenvalue weighted by molar-refractivity contribution is 7.91. The van der Waals surface area contributed by atoms with Gasteiger partial charge in [0.2, 0.25) is 0 Å². The Morgan fingerprint density at radius 2 is 2.13 bits per heavy atom. The van der Waals surface area contributed by atoms with Gasteiger partial charge in [0.1, 0.15) is 11.3 Å². The van der Waals surface area contributed by atoms with Crippen LogP contribution in [-0.2, 0) is 9.84 Å². The van der Waals surface area contributed by atoms with Crippen molar-refractivity contribution in [2.24, 2.45) is 0 Å². The Morgan fingerprint density at radius 1 is 1.39 bits per heavy atom. The summed E-state index contributed by atoms with van der Waals surface area (Å²) in [5, 5.41) is 9.10. The van der Waals surface area contributed by atoms with Gasteiger partial charge in [0.05, 0.1) is 18.1 Å². The topological polar surface area (TPSA) is 83.9 Å². The molecular formula is C16H23NO5S. The normalized spacial score (nSPS) is 19.8. The summed E-state index contributed by atoms with van der Waals surface area (Å²) in [6, 6.07) is 6.65. The molecule has 1 aliphatic rings. The first-order valence-corrected chi connectivity index (χ1v) is 9.64. The zero-order valence-electron chi connectivity index (χ0n) is 13.3. The van der Waals surface area contributed by atoms with E-state index in [1.54, 1.807) is 18.2 Å². The molecule has 0 radical (unpaired) electrons. The maximum Gasteiger partial charge on any atom is 0.339 e. The van der Waals surface area contributed by atoms with Crippen LogP contribution in [0.2, 0.25) is 0 Å². The van der Waals surface area contributed by atoms with E-state index < -0.39 is 15.8 Å². The minimum Gasteiger partial charge on any atom is -0.493 e. The summed E-state index contributed by atoms with van der Waals surface area (Å²) in [6.45, 7) is 3.96. The van der Waals surface area contributed by atoms with E-state index in [0.717, 1.165) is 19.5 Å². The lowest BCUT2D eigenvalue weighted by atomic mass is 10.2. The van der Waals surface area contributed by atoms with Gasteiger partial charge in [0.25, 0.3) is 0 Å². The predicted molar refractivity (Wildman–Crippen MR) is 87.8 cm³/mol. The van der Waals surface area contributed by atoms with Crippen LogP contribution in [0.1, 0.15) is 30.1 Å². The highest BCUT2D eigenvalue weighted by atomic mass is 32.2. The van der Waals surface area contributed by atoms with Crippen molar-refractivity contribution in [3.8, 4) is 5.75 Å². The Kier molecular flexibility index (Phi) is 6.01. The minimum atomic E-state index is -2.88. The van der Waals surface area contributed by atoms with Gasteiger partial charge in [0.15, 0.2) is 9.84 Å². The average molecular weight is 341 g/mol. The fraction of sp³-hybridized carbons (Fsp3) is 0.562. The summed E-state index contributed by atoms with van der Waals surface area (Å²) in [6.07, 6.45) is 1.41. The Bertz CT molecular complexity index is 644. The number of rotatable bonds is 8. The number of carboxylic acids is 1. The highest BCUT2D eigenvalue weighted by Crippen LogP contribution is 2.19.